The highest BCUT2D eigenvalue weighted by Crippen LogP contribution is 2.36. The van der Waals surface area contributed by atoms with Crippen LogP contribution in [0.25, 0.3) is 0 Å². The summed E-state index contributed by atoms with van der Waals surface area (Å²) in [5.41, 5.74) is 2.61. The van der Waals surface area contributed by atoms with Crippen molar-refractivity contribution in [3.8, 4) is 5.75 Å². The van der Waals surface area contributed by atoms with Gasteiger partial charge in [0.1, 0.15) is 24.5 Å². The number of aromatic nitrogens is 2. The normalized spacial score (nSPS) is 18.0. The lowest BCUT2D eigenvalue weighted by molar-refractivity contribution is 0.157. The molecule has 9 heteroatoms. The molecule has 0 radical (unpaired) electrons. The lowest BCUT2D eigenvalue weighted by atomic mass is 10.0. The molecule has 164 valence electrons. The summed E-state index contributed by atoms with van der Waals surface area (Å²) >= 11 is 0. The molecule has 0 bridgehead atoms. The van der Waals surface area contributed by atoms with Crippen molar-refractivity contribution in [1.29, 1.82) is 0 Å². The number of ether oxygens (including phenoxy) is 2. The summed E-state index contributed by atoms with van der Waals surface area (Å²) < 4.78 is 10.6. The van der Waals surface area contributed by atoms with Crippen LogP contribution in [-0.4, -0.2) is 42.9 Å². The number of benzene rings is 2. The number of hydrogen-bond donors (Lipinski definition) is 1. The second-order valence-electron chi connectivity index (χ2n) is 7.41. The molecule has 2 aliphatic rings. The van der Waals surface area contributed by atoms with Gasteiger partial charge in [-0.2, -0.15) is 0 Å². The molecule has 2 aliphatic heterocycles. The van der Waals surface area contributed by atoms with Crippen molar-refractivity contribution in [2.45, 2.75) is 12.5 Å². The molecule has 0 aliphatic carbocycles. The zero-order valence-corrected chi connectivity index (χ0v) is 17.6. The molecule has 1 aromatic heterocycles. The molecule has 1 amide bonds. The maximum atomic E-state index is 11.9. The van der Waals surface area contributed by atoms with Crippen LogP contribution in [0.3, 0.4) is 0 Å². The number of nitrogens with one attached hydrogen (secondary N) is 1. The van der Waals surface area contributed by atoms with E-state index in [1.165, 1.54) is 11.9 Å². The first-order valence-electron chi connectivity index (χ1n) is 10.4. The summed E-state index contributed by atoms with van der Waals surface area (Å²) in [6.45, 7) is 1.52. The van der Waals surface area contributed by atoms with Gasteiger partial charge in [-0.3, -0.25) is 9.74 Å². The standard InChI is InChI=1S/C23H23N5O4/c1-30-20-13-17(27-10-12-31-23(27)29)7-8-18(20)26-21-14-22(25-15-24-21)28-19(9-11-32-28)16-5-3-2-4-6-16/h2-8,13-15,19H,9-12H2,1H3,(H,24,25,26)/t19-/m1/s1. The zero-order valence-electron chi connectivity index (χ0n) is 17.6. The van der Waals surface area contributed by atoms with Crippen molar-refractivity contribution >= 4 is 29.1 Å². The van der Waals surface area contributed by atoms with E-state index in [0.29, 0.717) is 37.1 Å². The van der Waals surface area contributed by atoms with E-state index in [1.807, 2.05) is 41.5 Å². The number of rotatable bonds is 6. The molecule has 1 atom stereocenters. The van der Waals surface area contributed by atoms with Gasteiger partial charge >= 0.3 is 6.09 Å². The number of cyclic esters (lactones) is 1. The second-order valence-corrected chi connectivity index (χ2v) is 7.41. The van der Waals surface area contributed by atoms with Crippen LogP contribution in [0.1, 0.15) is 18.0 Å². The average Bonchev–Trinajstić information content (AvgIpc) is 3.49. The van der Waals surface area contributed by atoms with E-state index in [4.69, 9.17) is 14.3 Å². The van der Waals surface area contributed by atoms with E-state index in [0.717, 1.165) is 17.8 Å². The van der Waals surface area contributed by atoms with E-state index in [2.05, 4.69) is 27.4 Å². The van der Waals surface area contributed by atoms with Crippen LogP contribution in [0, 0.1) is 0 Å². The number of carbonyl (C=O) groups is 1. The summed E-state index contributed by atoms with van der Waals surface area (Å²) in [6, 6.07) is 17.7. The molecular formula is C23H23N5O4. The van der Waals surface area contributed by atoms with Gasteiger partial charge in [0.15, 0.2) is 5.82 Å². The summed E-state index contributed by atoms with van der Waals surface area (Å²) in [4.78, 5) is 28.1. The van der Waals surface area contributed by atoms with Gasteiger partial charge in [0.2, 0.25) is 0 Å². The fraction of sp³-hybridized carbons (Fsp3) is 0.261. The third kappa shape index (κ3) is 3.90. The van der Waals surface area contributed by atoms with Crippen molar-refractivity contribution in [3.63, 3.8) is 0 Å². The molecule has 32 heavy (non-hydrogen) atoms. The van der Waals surface area contributed by atoms with Crippen molar-refractivity contribution in [3.05, 3.63) is 66.5 Å². The van der Waals surface area contributed by atoms with Gasteiger partial charge in [0.05, 0.1) is 37.7 Å². The third-order valence-corrected chi connectivity index (χ3v) is 5.49. The van der Waals surface area contributed by atoms with Crippen LogP contribution < -0.4 is 20.0 Å². The van der Waals surface area contributed by atoms with Crippen molar-refractivity contribution < 1.29 is 19.1 Å². The second kappa shape index (κ2) is 8.72. The number of methoxy groups -OCH3 is 1. The monoisotopic (exact) mass is 433 g/mol. The highest BCUT2D eigenvalue weighted by atomic mass is 16.7. The van der Waals surface area contributed by atoms with Gasteiger partial charge in [0, 0.05) is 18.6 Å². The Bertz CT molecular complexity index is 1110. The Morgan fingerprint density at radius 2 is 1.97 bits per heavy atom. The van der Waals surface area contributed by atoms with Gasteiger partial charge in [-0.25, -0.2) is 19.8 Å². The molecule has 1 N–H and O–H groups in total. The van der Waals surface area contributed by atoms with Crippen LogP contribution in [0.5, 0.6) is 5.75 Å². The minimum Gasteiger partial charge on any atom is -0.494 e. The van der Waals surface area contributed by atoms with Gasteiger partial charge in [-0.15, -0.1) is 0 Å². The number of hydroxylamine groups is 1. The maximum absolute atomic E-state index is 11.9. The fourth-order valence-electron chi connectivity index (χ4n) is 3.93. The summed E-state index contributed by atoms with van der Waals surface area (Å²) in [5.74, 6) is 1.86. The van der Waals surface area contributed by atoms with Gasteiger partial charge < -0.3 is 14.8 Å². The van der Waals surface area contributed by atoms with E-state index in [9.17, 15) is 4.79 Å². The van der Waals surface area contributed by atoms with Crippen LogP contribution in [0.2, 0.25) is 0 Å². The Hall–Kier alpha value is -3.85. The third-order valence-electron chi connectivity index (χ3n) is 5.49. The predicted molar refractivity (Wildman–Crippen MR) is 119 cm³/mol. The van der Waals surface area contributed by atoms with E-state index >= 15 is 0 Å². The highest BCUT2D eigenvalue weighted by Gasteiger charge is 2.29. The molecule has 9 nitrogen and oxygen atoms in total. The number of hydrogen-bond acceptors (Lipinski definition) is 8. The first kappa shape index (κ1) is 20.1. The highest BCUT2D eigenvalue weighted by molar-refractivity contribution is 5.90. The Balaban J connectivity index is 1.38. The van der Waals surface area contributed by atoms with E-state index in [1.54, 1.807) is 18.1 Å². The predicted octanol–water partition coefficient (Wildman–Crippen LogP) is 4.07. The Morgan fingerprint density at radius 3 is 2.75 bits per heavy atom. The minimum absolute atomic E-state index is 0.0907. The van der Waals surface area contributed by atoms with Gasteiger partial charge in [-0.1, -0.05) is 30.3 Å². The lowest BCUT2D eigenvalue weighted by Crippen LogP contribution is -2.23. The van der Waals surface area contributed by atoms with Crippen LogP contribution in [0.15, 0.2) is 60.9 Å². The van der Waals surface area contributed by atoms with Crippen molar-refractivity contribution in [2.75, 3.05) is 42.1 Å². The summed E-state index contributed by atoms with van der Waals surface area (Å²) in [7, 11) is 1.58. The summed E-state index contributed by atoms with van der Waals surface area (Å²) in [6.07, 6.45) is 2.03. The molecule has 2 aromatic carbocycles. The molecule has 0 unspecified atom stereocenters. The largest absolute Gasteiger partial charge is 0.494 e. The van der Waals surface area contributed by atoms with E-state index < -0.39 is 0 Å². The lowest BCUT2D eigenvalue weighted by Gasteiger charge is -2.24. The SMILES string of the molecule is COc1cc(N2CCOC2=O)ccc1Nc1cc(N2OCC[C@@H]2c2ccccc2)ncn1. The van der Waals surface area contributed by atoms with E-state index in [-0.39, 0.29) is 12.1 Å². The quantitative estimate of drug-likeness (QED) is 0.622. The Kier molecular flexibility index (Phi) is 5.47. The summed E-state index contributed by atoms with van der Waals surface area (Å²) in [5, 5.41) is 5.11. The molecular weight excluding hydrogens is 410 g/mol. The molecule has 3 heterocycles. The number of nitrogens with zero attached hydrogens (tertiary/aromatic N) is 4. The fourth-order valence-corrected chi connectivity index (χ4v) is 3.93. The van der Waals surface area contributed by atoms with Crippen LogP contribution >= 0.6 is 0 Å². The zero-order chi connectivity index (χ0) is 21.9. The molecule has 3 aromatic rings. The number of amides is 1. The first-order chi connectivity index (χ1) is 15.7. The molecule has 2 fully saturated rings. The topological polar surface area (TPSA) is 89.1 Å². The van der Waals surface area contributed by atoms with Gasteiger partial charge in [0.25, 0.3) is 0 Å². The molecule has 5 rings (SSSR count). The number of carbonyl (C=O) groups excluding carboxylic acids is 1. The first-order valence-corrected chi connectivity index (χ1v) is 10.4. The minimum atomic E-state index is -0.355. The van der Waals surface area contributed by atoms with Crippen molar-refractivity contribution in [1.82, 2.24) is 9.97 Å². The van der Waals surface area contributed by atoms with Crippen LogP contribution in [-0.2, 0) is 9.57 Å². The van der Waals surface area contributed by atoms with Crippen molar-refractivity contribution in [2.24, 2.45) is 0 Å². The maximum Gasteiger partial charge on any atom is 0.414 e. The van der Waals surface area contributed by atoms with Gasteiger partial charge in [-0.05, 0) is 17.7 Å². The average molecular weight is 433 g/mol. The molecule has 0 saturated carbocycles. The van der Waals surface area contributed by atoms with Crippen LogP contribution in [0.4, 0.5) is 27.8 Å². The number of anilines is 4. The Morgan fingerprint density at radius 1 is 1.09 bits per heavy atom. The molecule has 2 saturated heterocycles. The molecule has 0 spiro atoms. The smallest absolute Gasteiger partial charge is 0.414 e. The Labute approximate surface area is 185 Å².